The molecule has 0 unspecified atom stereocenters. The minimum Gasteiger partial charge on any atom is -0.494 e. The Bertz CT molecular complexity index is 464. The second kappa shape index (κ2) is 7.57. The van der Waals surface area contributed by atoms with Crippen LogP contribution in [0.4, 0.5) is 5.69 Å². The number of allylic oxidation sites excluding steroid dienone is 4. The van der Waals surface area contributed by atoms with E-state index in [4.69, 9.17) is 4.74 Å². The SMILES string of the molecule is CCOc1ccc(N=C(C=C(C)C)C=C(C)C)cc1. The van der Waals surface area contributed by atoms with Gasteiger partial charge in [-0.25, -0.2) is 4.99 Å². The summed E-state index contributed by atoms with van der Waals surface area (Å²) >= 11 is 0. The number of hydrogen-bond donors (Lipinski definition) is 0. The number of benzene rings is 1. The minimum absolute atomic E-state index is 0.684. The van der Waals surface area contributed by atoms with Crippen molar-refractivity contribution in [2.45, 2.75) is 34.6 Å². The van der Waals surface area contributed by atoms with E-state index in [0.717, 1.165) is 17.1 Å². The zero-order chi connectivity index (χ0) is 14.3. The second-order valence-electron chi connectivity index (χ2n) is 4.91. The van der Waals surface area contributed by atoms with E-state index in [2.05, 4.69) is 44.8 Å². The molecular formula is C17H23NO. The van der Waals surface area contributed by atoms with Crippen molar-refractivity contribution < 1.29 is 4.74 Å². The Labute approximate surface area is 116 Å². The van der Waals surface area contributed by atoms with E-state index >= 15 is 0 Å². The lowest BCUT2D eigenvalue weighted by molar-refractivity contribution is 0.340. The first kappa shape index (κ1) is 15.2. The summed E-state index contributed by atoms with van der Waals surface area (Å²) in [5.41, 5.74) is 4.39. The van der Waals surface area contributed by atoms with Gasteiger partial charge in [-0.05, 0) is 71.0 Å². The third kappa shape index (κ3) is 6.05. The number of nitrogens with zero attached hydrogens (tertiary/aromatic N) is 1. The van der Waals surface area contributed by atoms with Crippen LogP contribution in [0.25, 0.3) is 0 Å². The van der Waals surface area contributed by atoms with Gasteiger partial charge in [0.05, 0.1) is 18.0 Å². The Hall–Kier alpha value is -1.83. The monoisotopic (exact) mass is 257 g/mol. The van der Waals surface area contributed by atoms with Crippen LogP contribution in [0.2, 0.25) is 0 Å². The highest BCUT2D eigenvalue weighted by molar-refractivity contribution is 6.06. The molecule has 1 aromatic carbocycles. The van der Waals surface area contributed by atoms with Crippen molar-refractivity contribution in [2.24, 2.45) is 4.99 Å². The molecular weight excluding hydrogens is 234 g/mol. The fraction of sp³-hybridized carbons (Fsp3) is 0.353. The molecule has 2 nitrogen and oxygen atoms in total. The number of aliphatic imine (C=N–C) groups is 1. The van der Waals surface area contributed by atoms with Gasteiger partial charge in [-0.15, -0.1) is 0 Å². The molecule has 0 amide bonds. The van der Waals surface area contributed by atoms with E-state index < -0.39 is 0 Å². The second-order valence-corrected chi connectivity index (χ2v) is 4.91. The van der Waals surface area contributed by atoms with Gasteiger partial charge in [0.15, 0.2) is 0 Å². The van der Waals surface area contributed by atoms with Gasteiger partial charge in [0.2, 0.25) is 0 Å². The zero-order valence-electron chi connectivity index (χ0n) is 12.5. The minimum atomic E-state index is 0.684. The summed E-state index contributed by atoms with van der Waals surface area (Å²) in [6.07, 6.45) is 4.17. The lowest BCUT2D eigenvalue weighted by atomic mass is 10.2. The molecule has 1 aromatic rings. The molecule has 0 atom stereocenters. The molecule has 0 heterocycles. The maximum Gasteiger partial charge on any atom is 0.119 e. The van der Waals surface area contributed by atoms with E-state index in [1.54, 1.807) is 0 Å². The topological polar surface area (TPSA) is 21.6 Å². The molecule has 0 aliphatic carbocycles. The number of ether oxygens (including phenoxy) is 1. The lowest BCUT2D eigenvalue weighted by Gasteiger charge is -2.03. The predicted molar refractivity (Wildman–Crippen MR) is 83.6 cm³/mol. The fourth-order valence-electron chi connectivity index (χ4n) is 1.63. The molecule has 0 saturated heterocycles. The molecule has 0 aliphatic rings. The summed E-state index contributed by atoms with van der Waals surface area (Å²) in [6, 6.07) is 7.85. The van der Waals surface area contributed by atoms with Crippen molar-refractivity contribution in [2.75, 3.05) is 6.61 Å². The average Bonchev–Trinajstić information content (AvgIpc) is 2.30. The van der Waals surface area contributed by atoms with Crippen LogP contribution < -0.4 is 4.74 Å². The van der Waals surface area contributed by atoms with Gasteiger partial charge in [-0.3, -0.25) is 0 Å². The van der Waals surface area contributed by atoms with Gasteiger partial charge >= 0.3 is 0 Å². The third-order valence-electron chi connectivity index (χ3n) is 2.28. The van der Waals surface area contributed by atoms with Gasteiger partial charge < -0.3 is 4.74 Å². The third-order valence-corrected chi connectivity index (χ3v) is 2.28. The quantitative estimate of drug-likeness (QED) is 0.673. The zero-order valence-corrected chi connectivity index (χ0v) is 12.5. The van der Waals surface area contributed by atoms with Crippen LogP contribution in [-0.4, -0.2) is 12.3 Å². The molecule has 0 spiro atoms. The molecule has 0 aromatic heterocycles. The van der Waals surface area contributed by atoms with E-state index in [0.29, 0.717) is 6.61 Å². The summed E-state index contributed by atoms with van der Waals surface area (Å²) in [4.78, 5) is 4.65. The van der Waals surface area contributed by atoms with Crippen molar-refractivity contribution >= 4 is 11.4 Å². The van der Waals surface area contributed by atoms with Crippen molar-refractivity contribution in [3.8, 4) is 5.75 Å². The lowest BCUT2D eigenvalue weighted by Crippen LogP contribution is -1.91. The maximum atomic E-state index is 5.42. The standard InChI is InChI=1S/C17H23NO/c1-6-19-17-9-7-15(8-10-17)18-16(11-13(2)3)12-14(4)5/h7-12H,6H2,1-5H3. The fourth-order valence-corrected chi connectivity index (χ4v) is 1.63. The van der Waals surface area contributed by atoms with E-state index in [9.17, 15) is 0 Å². The molecule has 0 fully saturated rings. The Morgan fingerprint density at radius 2 is 1.53 bits per heavy atom. The maximum absolute atomic E-state index is 5.42. The molecule has 2 heteroatoms. The number of rotatable bonds is 5. The van der Waals surface area contributed by atoms with Crippen molar-refractivity contribution in [3.05, 3.63) is 47.6 Å². The van der Waals surface area contributed by atoms with E-state index in [1.165, 1.54) is 11.1 Å². The molecule has 102 valence electrons. The van der Waals surface area contributed by atoms with Crippen LogP contribution in [0.1, 0.15) is 34.6 Å². The van der Waals surface area contributed by atoms with Crippen molar-refractivity contribution in [1.29, 1.82) is 0 Å². The van der Waals surface area contributed by atoms with Crippen LogP contribution >= 0.6 is 0 Å². The van der Waals surface area contributed by atoms with Crippen LogP contribution in [0.5, 0.6) is 5.75 Å². The Kier molecular flexibility index (Phi) is 6.07. The molecule has 0 bridgehead atoms. The van der Waals surface area contributed by atoms with E-state index in [1.807, 2.05) is 31.2 Å². The largest absolute Gasteiger partial charge is 0.494 e. The van der Waals surface area contributed by atoms with E-state index in [-0.39, 0.29) is 0 Å². The highest BCUT2D eigenvalue weighted by Crippen LogP contribution is 2.19. The van der Waals surface area contributed by atoms with Crippen LogP contribution in [0.15, 0.2) is 52.6 Å². The number of hydrogen-bond acceptors (Lipinski definition) is 2. The predicted octanol–water partition coefficient (Wildman–Crippen LogP) is 5.09. The van der Waals surface area contributed by atoms with Crippen LogP contribution in [0, 0.1) is 0 Å². The Morgan fingerprint density at radius 3 is 1.95 bits per heavy atom. The van der Waals surface area contributed by atoms with Crippen LogP contribution in [0.3, 0.4) is 0 Å². The van der Waals surface area contributed by atoms with Crippen molar-refractivity contribution in [1.82, 2.24) is 0 Å². The van der Waals surface area contributed by atoms with Gasteiger partial charge in [-0.2, -0.15) is 0 Å². The van der Waals surface area contributed by atoms with Gasteiger partial charge in [0.25, 0.3) is 0 Å². The average molecular weight is 257 g/mol. The summed E-state index contributed by atoms with van der Waals surface area (Å²) < 4.78 is 5.42. The summed E-state index contributed by atoms with van der Waals surface area (Å²) in [6.45, 7) is 11.0. The van der Waals surface area contributed by atoms with Crippen molar-refractivity contribution in [3.63, 3.8) is 0 Å². The summed E-state index contributed by atoms with van der Waals surface area (Å²) in [7, 11) is 0. The first-order valence-electron chi connectivity index (χ1n) is 6.62. The molecule has 19 heavy (non-hydrogen) atoms. The summed E-state index contributed by atoms with van der Waals surface area (Å²) in [5.74, 6) is 0.882. The normalized spacial score (nSPS) is 9.53. The molecule has 0 saturated carbocycles. The van der Waals surface area contributed by atoms with Gasteiger partial charge in [-0.1, -0.05) is 11.1 Å². The highest BCUT2D eigenvalue weighted by atomic mass is 16.5. The molecule has 0 aliphatic heterocycles. The smallest absolute Gasteiger partial charge is 0.119 e. The Morgan fingerprint density at radius 1 is 1.00 bits per heavy atom. The van der Waals surface area contributed by atoms with Crippen LogP contribution in [-0.2, 0) is 0 Å². The summed E-state index contributed by atoms with van der Waals surface area (Å²) in [5, 5.41) is 0. The molecule has 0 N–H and O–H groups in total. The first-order chi connectivity index (χ1) is 9.01. The highest BCUT2D eigenvalue weighted by Gasteiger charge is 1.96. The molecule has 0 radical (unpaired) electrons. The Balaban J connectivity index is 3.01. The van der Waals surface area contributed by atoms with Gasteiger partial charge in [0, 0.05) is 0 Å². The molecule has 1 rings (SSSR count). The first-order valence-corrected chi connectivity index (χ1v) is 6.62. The van der Waals surface area contributed by atoms with Gasteiger partial charge in [0.1, 0.15) is 5.75 Å².